The Balaban J connectivity index is 2.16. The molecule has 0 amide bonds. The maximum atomic E-state index is 12.2. The number of hydrogen-bond acceptors (Lipinski definition) is 1. The molecule has 0 radical (unpaired) electrons. The van der Waals surface area contributed by atoms with Gasteiger partial charge in [-0.1, -0.05) is 36.9 Å². The van der Waals surface area contributed by atoms with Gasteiger partial charge in [0.05, 0.1) is 0 Å². The first-order chi connectivity index (χ1) is 9.08. The van der Waals surface area contributed by atoms with Gasteiger partial charge in [0.25, 0.3) is 0 Å². The summed E-state index contributed by atoms with van der Waals surface area (Å²) in [5.41, 5.74) is 3.58. The molecule has 1 unspecified atom stereocenters. The summed E-state index contributed by atoms with van der Waals surface area (Å²) in [6.45, 7) is 4.16. The van der Waals surface area contributed by atoms with Crippen LogP contribution in [0, 0.1) is 19.8 Å². The van der Waals surface area contributed by atoms with E-state index in [0.717, 1.165) is 30.7 Å². The molecule has 2 rings (SSSR count). The van der Waals surface area contributed by atoms with E-state index in [2.05, 4.69) is 19.9 Å². The molecule has 0 aromatic heterocycles. The van der Waals surface area contributed by atoms with E-state index in [4.69, 9.17) is 11.6 Å². The van der Waals surface area contributed by atoms with Crippen molar-refractivity contribution >= 4 is 17.4 Å². The van der Waals surface area contributed by atoms with Gasteiger partial charge in [-0.2, -0.15) is 0 Å². The molecule has 1 atom stereocenters. The monoisotopic (exact) mass is 278 g/mol. The van der Waals surface area contributed by atoms with Gasteiger partial charge >= 0.3 is 0 Å². The molecule has 0 N–H and O–H groups in total. The molecule has 1 aromatic rings. The highest BCUT2D eigenvalue weighted by molar-refractivity contribution is 6.31. The normalized spacial score (nSPS) is 21.0. The van der Waals surface area contributed by atoms with Crippen LogP contribution in [0.2, 0.25) is 5.02 Å². The van der Waals surface area contributed by atoms with Crippen molar-refractivity contribution in [3.63, 3.8) is 0 Å². The maximum absolute atomic E-state index is 12.2. The molecule has 0 heterocycles. The van der Waals surface area contributed by atoms with Gasteiger partial charge in [-0.25, -0.2) is 0 Å². The lowest BCUT2D eigenvalue weighted by molar-refractivity contribution is -0.123. The second kappa shape index (κ2) is 6.56. The Morgan fingerprint density at radius 3 is 2.63 bits per heavy atom. The fourth-order valence-corrected chi connectivity index (χ4v) is 3.47. The second-order valence-corrected chi connectivity index (χ2v) is 6.27. The fraction of sp³-hybridized carbons (Fsp3) is 0.588. The van der Waals surface area contributed by atoms with Crippen molar-refractivity contribution < 1.29 is 4.79 Å². The number of carbonyl (C=O) groups is 1. The second-order valence-electron chi connectivity index (χ2n) is 5.86. The van der Waals surface area contributed by atoms with E-state index in [1.165, 1.54) is 36.0 Å². The molecule has 0 spiro atoms. The van der Waals surface area contributed by atoms with Crippen LogP contribution in [0.1, 0.15) is 55.2 Å². The molecular weight excluding hydrogens is 256 g/mol. The third kappa shape index (κ3) is 3.82. The summed E-state index contributed by atoms with van der Waals surface area (Å²) >= 11 is 6.36. The number of hydrogen-bond donors (Lipinski definition) is 0. The van der Waals surface area contributed by atoms with Gasteiger partial charge < -0.3 is 0 Å². The summed E-state index contributed by atoms with van der Waals surface area (Å²) in [6, 6.07) is 4.17. The average molecular weight is 279 g/mol. The Kier molecular flexibility index (Phi) is 5.04. The number of ketones is 1. The molecular formula is C17H23ClO. The first-order valence-electron chi connectivity index (χ1n) is 7.36. The van der Waals surface area contributed by atoms with E-state index in [9.17, 15) is 4.79 Å². The zero-order valence-electron chi connectivity index (χ0n) is 12.0. The molecule has 1 aliphatic carbocycles. The van der Waals surface area contributed by atoms with Gasteiger partial charge in [-0.05, 0) is 55.9 Å². The van der Waals surface area contributed by atoms with E-state index >= 15 is 0 Å². The molecule has 1 saturated carbocycles. The van der Waals surface area contributed by atoms with Crippen molar-refractivity contribution in [1.29, 1.82) is 0 Å². The number of Topliss-reactive ketones (excluding diaryl/α,β-unsaturated/α-hetero) is 1. The Labute approximate surface area is 121 Å². The van der Waals surface area contributed by atoms with Crippen LogP contribution in [0.15, 0.2) is 12.1 Å². The summed E-state index contributed by atoms with van der Waals surface area (Å²) in [5, 5.41) is 0.826. The third-order valence-corrected chi connectivity index (χ3v) is 4.53. The van der Waals surface area contributed by atoms with Gasteiger partial charge in [-0.15, -0.1) is 0 Å². The van der Waals surface area contributed by atoms with E-state index in [0.29, 0.717) is 5.78 Å². The molecule has 0 aliphatic heterocycles. The van der Waals surface area contributed by atoms with Crippen LogP contribution in [-0.4, -0.2) is 5.78 Å². The molecule has 1 aliphatic rings. The fourth-order valence-electron chi connectivity index (χ4n) is 3.08. The minimum absolute atomic E-state index is 0.180. The van der Waals surface area contributed by atoms with E-state index in [-0.39, 0.29) is 5.92 Å². The molecule has 1 nitrogen and oxygen atoms in total. The number of benzene rings is 1. The summed E-state index contributed by atoms with van der Waals surface area (Å²) in [5.74, 6) is 0.620. The smallest absolute Gasteiger partial charge is 0.136 e. The summed E-state index contributed by atoms with van der Waals surface area (Å²) in [7, 11) is 0. The number of carbonyl (C=O) groups excluding carboxylic acids is 1. The summed E-state index contributed by atoms with van der Waals surface area (Å²) in [4.78, 5) is 12.2. The molecule has 104 valence electrons. The lowest BCUT2D eigenvalue weighted by Gasteiger charge is -2.20. The standard InChI is InChI=1S/C17H23ClO/c1-12-9-13(2)15(16(18)10-12)11-14-7-5-3-4-6-8-17(14)19/h9-10,14H,3-8,11H2,1-2H3. The highest BCUT2D eigenvalue weighted by atomic mass is 35.5. The van der Waals surface area contributed by atoms with Crippen molar-refractivity contribution in [2.45, 2.75) is 58.8 Å². The largest absolute Gasteiger partial charge is 0.299 e. The predicted molar refractivity (Wildman–Crippen MR) is 80.8 cm³/mol. The molecule has 1 fully saturated rings. The van der Waals surface area contributed by atoms with Crippen LogP contribution in [0.4, 0.5) is 0 Å². The van der Waals surface area contributed by atoms with Crippen molar-refractivity contribution in [2.24, 2.45) is 5.92 Å². The maximum Gasteiger partial charge on any atom is 0.136 e. The van der Waals surface area contributed by atoms with Gasteiger partial charge in [-0.3, -0.25) is 4.79 Å². The minimum atomic E-state index is 0.180. The summed E-state index contributed by atoms with van der Waals surface area (Å²) in [6.07, 6.45) is 7.33. The number of rotatable bonds is 2. The van der Waals surface area contributed by atoms with E-state index in [1.807, 2.05) is 6.07 Å². The lowest BCUT2D eigenvalue weighted by Crippen LogP contribution is -2.19. The topological polar surface area (TPSA) is 17.1 Å². The number of aryl methyl sites for hydroxylation is 2. The average Bonchev–Trinajstić information content (AvgIpc) is 2.31. The van der Waals surface area contributed by atoms with Crippen molar-refractivity contribution in [3.05, 3.63) is 33.8 Å². The van der Waals surface area contributed by atoms with E-state index < -0.39 is 0 Å². The quantitative estimate of drug-likeness (QED) is 0.741. The first kappa shape index (κ1) is 14.6. The number of halogens is 1. The molecule has 0 bridgehead atoms. The van der Waals surface area contributed by atoms with Crippen LogP contribution >= 0.6 is 11.6 Å². The van der Waals surface area contributed by atoms with Crippen LogP contribution < -0.4 is 0 Å². The van der Waals surface area contributed by atoms with Gasteiger partial charge in [0.2, 0.25) is 0 Å². The van der Waals surface area contributed by atoms with Crippen LogP contribution in [0.25, 0.3) is 0 Å². The predicted octanol–water partition coefficient (Wildman–Crippen LogP) is 5.04. The van der Waals surface area contributed by atoms with Gasteiger partial charge in [0.1, 0.15) is 5.78 Å². The minimum Gasteiger partial charge on any atom is -0.299 e. The first-order valence-corrected chi connectivity index (χ1v) is 7.74. The van der Waals surface area contributed by atoms with Crippen molar-refractivity contribution in [2.75, 3.05) is 0 Å². The Morgan fingerprint density at radius 1 is 1.16 bits per heavy atom. The van der Waals surface area contributed by atoms with Crippen molar-refractivity contribution in [3.8, 4) is 0 Å². The Bertz CT molecular complexity index is 441. The SMILES string of the molecule is Cc1cc(C)c(CC2CCCCCCC2=O)c(Cl)c1. The third-order valence-electron chi connectivity index (χ3n) is 4.19. The van der Waals surface area contributed by atoms with Gasteiger partial charge in [0, 0.05) is 17.4 Å². The Hall–Kier alpha value is -0.820. The lowest BCUT2D eigenvalue weighted by atomic mass is 9.84. The van der Waals surface area contributed by atoms with Crippen LogP contribution in [0.5, 0.6) is 0 Å². The van der Waals surface area contributed by atoms with Crippen molar-refractivity contribution in [1.82, 2.24) is 0 Å². The van der Waals surface area contributed by atoms with Gasteiger partial charge in [0.15, 0.2) is 0 Å². The Morgan fingerprint density at radius 2 is 1.89 bits per heavy atom. The zero-order chi connectivity index (χ0) is 13.8. The molecule has 2 heteroatoms. The highest BCUT2D eigenvalue weighted by Crippen LogP contribution is 2.29. The molecule has 0 saturated heterocycles. The zero-order valence-corrected chi connectivity index (χ0v) is 12.7. The molecule has 19 heavy (non-hydrogen) atoms. The van der Waals surface area contributed by atoms with Crippen LogP contribution in [-0.2, 0) is 11.2 Å². The summed E-state index contributed by atoms with van der Waals surface area (Å²) < 4.78 is 0. The van der Waals surface area contributed by atoms with Crippen LogP contribution in [0.3, 0.4) is 0 Å². The van der Waals surface area contributed by atoms with E-state index in [1.54, 1.807) is 0 Å². The molecule has 1 aromatic carbocycles. The highest BCUT2D eigenvalue weighted by Gasteiger charge is 2.21.